The Labute approximate surface area is 99.3 Å². The monoisotopic (exact) mass is 217 g/mol. The van der Waals surface area contributed by atoms with Crippen LogP contribution in [0.25, 0.3) is 0 Å². The molecule has 1 aliphatic heterocycles. The van der Waals surface area contributed by atoms with Crippen molar-refractivity contribution in [2.45, 2.75) is 51.5 Å². The highest BCUT2D eigenvalue weighted by Crippen LogP contribution is 2.32. The van der Waals surface area contributed by atoms with Crippen molar-refractivity contribution in [3.8, 4) is 0 Å². The standard InChI is InChI=1S/C15H23N/c1-15(2,3)13-9-5-4-8-12(13)14-10-6-7-11-16-14/h4-5,8-9,14,16H,6-7,10-11H2,1-3H3/t14-/m1/s1. The summed E-state index contributed by atoms with van der Waals surface area (Å²) in [7, 11) is 0. The molecule has 1 N–H and O–H groups in total. The number of piperidine rings is 1. The lowest BCUT2D eigenvalue weighted by molar-refractivity contribution is 0.405. The van der Waals surface area contributed by atoms with Crippen LogP contribution in [0, 0.1) is 0 Å². The van der Waals surface area contributed by atoms with E-state index in [1.807, 2.05) is 0 Å². The Kier molecular flexibility index (Phi) is 3.34. The highest BCUT2D eigenvalue weighted by atomic mass is 14.9. The highest BCUT2D eigenvalue weighted by Gasteiger charge is 2.23. The second-order valence-corrected chi connectivity index (χ2v) is 5.84. The Morgan fingerprint density at radius 2 is 1.88 bits per heavy atom. The molecule has 0 amide bonds. The molecule has 1 aromatic rings. The Hall–Kier alpha value is -0.820. The molecule has 88 valence electrons. The van der Waals surface area contributed by atoms with Gasteiger partial charge in [0.25, 0.3) is 0 Å². The summed E-state index contributed by atoms with van der Waals surface area (Å²) in [6.45, 7) is 8.07. The van der Waals surface area contributed by atoms with Crippen LogP contribution in [0.2, 0.25) is 0 Å². The normalized spacial score (nSPS) is 22.1. The summed E-state index contributed by atoms with van der Waals surface area (Å²) in [6.07, 6.45) is 3.97. The van der Waals surface area contributed by atoms with Crippen molar-refractivity contribution < 1.29 is 0 Å². The molecule has 1 nitrogen and oxygen atoms in total. The molecule has 1 aromatic carbocycles. The average molecular weight is 217 g/mol. The van der Waals surface area contributed by atoms with Crippen LogP contribution in [0.15, 0.2) is 24.3 Å². The largest absolute Gasteiger partial charge is 0.310 e. The summed E-state index contributed by atoms with van der Waals surface area (Å²) in [5.41, 5.74) is 3.25. The third kappa shape index (κ3) is 2.46. The van der Waals surface area contributed by atoms with Crippen molar-refractivity contribution in [3.63, 3.8) is 0 Å². The zero-order chi connectivity index (χ0) is 11.6. The predicted molar refractivity (Wildman–Crippen MR) is 69.7 cm³/mol. The molecule has 1 heterocycles. The molecule has 16 heavy (non-hydrogen) atoms. The van der Waals surface area contributed by atoms with Crippen LogP contribution in [0.1, 0.15) is 57.2 Å². The van der Waals surface area contributed by atoms with Gasteiger partial charge in [0.1, 0.15) is 0 Å². The quantitative estimate of drug-likeness (QED) is 0.754. The van der Waals surface area contributed by atoms with E-state index < -0.39 is 0 Å². The van der Waals surface area contributed by atoms with Crippen LogP contribution >= 0.6 is 0 Å². The second-order valence-electron chi connectivity index (χ2n) is 5.84. The van der Waals surface area contributed by atoms with E-state index in [-0.39, 0.29) is 5.41 Å². The molecule has 0 spiro atoms. The lowest BCUT2D eigenvalue weighted by atomic mass is 9.80. The van der Waals surface area contributed by atoms with E-state index in [0.29, 0.717) is 6.04 Å². The summed E-state index contributed by atoms with van der Waals surface area (Å²) in [6, 6.07) is 9.48. The van der Waals surface area contributed by atoms with Gasteiger partial charge in [0, 0.05) is 6.04 Å². The van der Waals surface area contributed by atoms with Gasteiger partial charge in [-0.05, 0) is 35.9 Å². The van der Waals surface area contributed by atoms with E-state index in [2.05, 4.69) is 50.4 Å². The van der Waals surface area contributed by atoms with E-state index in [0.717, 1.165) is 0 Å². The lowest BCUT2D eigenvalue weighted by Gasteiger charge is -2.30. The summed E-state index contributed by atoms with van der Waals surface area (Å²) >= 11 is 0. The van der Waals surface area contributed by atoms with Gasteiger partial charge in [-0.2, -0.15) is 0 Å². The molecular formula is C15H23N. The first-order valence-electron chi connectivity index (χ1n) is 6.42. The van der Waals surface area contributed by atoms with Crippen molar-refractivity contribution >= 4 is 0 Å². The average Bonchev–Trinajstić information content (AvgIpc) is 2.29. The molecule has 1 atom stereocenters. The van der Waals surface area contributed by atoms with Gasteiger partial charge in [-0.15, -0.1) is 0 Å². The first kappa shape index (κ1) is 11.7. The smallest absolute Gasteiger partial charge is 0.0323 e. The van der Waals surface area contributed by atoms with Gasteiger partial charge in [-0.1, -0.05) is 51.5 Å². The number of nitrogens with one attached hydrogen (secondary N) is 1. The summed E-state index contributed by atoms with van der Waals surface area (Å²) in [5, 5.41) is 3.65. The maximum Gasteiger partial charge on any atom is 0.0323 e. The summed E-state index contributed by atoms with van der Waals surface area (Å²) in [5.74, 6) is 0. The van der Waals surface area contributed by atoms with Crippen LogP contribution in [-0.2, 0) is 5.41 Å². The van der Waals surface area contributed by atoms with Gasteiger partial charge in [-0.25, -0.2) is 0 Å². The fourth-order valence-corrected chi connectivity index (χ4v) is 2.60. The third-order valence-electron chi connectivity index (χ3n) is 3.45. The van der Waals surface area contributed by atoms with Crippen LogP contribution in [0.5, 0.6) is 0 Å². The maximum absolute atomic E-state index is 3.65. The third-order valence-corrected chi connectivity index (χ3v) is 3.45. The number of hydrogen-bond donors (Lipinski definition) is 1. The van der Waals surface area contributed by atoms with Crippen LogP contribution in [0.3, 0.4) is 0 Å². The molecule has 0 bridgehead atoms. The maximum atomic E-state index is 3.65. The lowest BCUT2D eigenvalue weighted by Crippen LogP contribution is -2.29. The van der Waals surface area contributed by atoms with Crippen LogP contribution < -0.4 is 5.32 Å². The van der Waals surface area contributed by atoms with Gasteiger partial charge in [0.2, 0.25) is 0 Å². The van der Waals surface area contributed by atoms with E-state index in [9.17, 15) is 0 Å². The van der Waals surface area contributed by atoms with Crippen molar-refractivity contribution in [1.29, 1.82) is 0 Å². The van der Waals surface area contributed by atoms with Crippen molar-refractivity contribution in [2.24, 2.45) is 0 Å². The van der Waals surface area contributed by atoms with E-state index >= 15 is 0 Å². The SMILES string of the molecule is CC(C)(C)c1ccccc1[C@H]1CCCCN1. The van der Waals surface area contributed by atoms with E-state index in [4.69, 9.17) is 0 Å². The molecule has 2 rings (SSSR count). The molecule has 0 aliphatic carbocycles. The van der Waals surface area contributed by atoms with Gasteiger partial charge in [-0.3, -0.25) is 0 Å². The molecule has 1 heteroatoms. The predicted octanol–water partition coefficient (Wildman–Crippen LogP) is 3.80. The number of hydrogen-bond acceptors (Lipinski definition) is 1. The molecule has 1 saturated heterocycles. The zero-order valence-electron chi connectivity index (χ0n) is 10.7. The Morgan fingerprint density at radius 1 is 1.12 bits per heavy atom. The molecule has 0 unspecified atom stereocenters. The van der Waals surface area contributed by atoms with Crippen LogP contribution in [-0.4, -0.2) is 6.54 Å². The minimum absolute atomic E-state index is 0.246. The first-order chi connectivity index (χ1) is 7.59. The van der Waals surface area contributed by atoms with Crippen LogP contribution in [0.4, 0.5) is 0 Å². The highest BCUT2D eigenvalue weighted by molar-refractivity contribution is 5.35. The van der Waals surface area contributed by atoms with Crippen molar-refractivity contribution in [1.82, 2.24) is 5.32 Å². The van der Waals surface area contributed by atoms with Gasteiger partial charge >= 0.3 is 0 Å². The molecule has 0 radical (unpaired) electrons. The van der Waals surface area contributed by atoms with Gasteiger partial charge in [0.15, 0.2) is 0 Å². The van der Waals surface area contributed by atoms with Gasteiger partial charge in [0.05, 0.1) is 0 Å². The van der Waals surface area contributed by atoms with Crippen molar-refractivity contribution in [2.75, 3.05) is 6.54 Å². The molecule has 1 fully saturated rings. The number of benzene rings is 1. The van der Waals surface area contributed by atoms with E-state index in [1.165, 1.54) is 36.9 Å². The molecule has 0 saturated carbocycles. The Morgan fingerprint density at radius 3 is 2.50 bits per heavy atom. The first-order valence-corrected chi connectivity index (χ1v) is 6.42. The summed E-state index contributed by atoms with van der Waals surface area (Å²) in [4.78, 5) is 0. The minimum atomic E-state index is 0.246. The van der Waals surface area contributed by atoms with E-state index in [1.54, 1.807) is 0 Å². The minimum Gasteiger partial charge on any atom is -0.310 e. The fourth-order valence-electron chi connectivity index (χ4n) is 2.60. The zero-order valence-corrected chi connectivity index (χ0v) is 10.7. The fraction of sp³-hybridized carbons (Fsp3) is 0.600. The van der Waals surface area contributed by atoms with Crippen molar-refractivity contribution in [3.05, 3.63) is 35.4 Å². The topological polar surface area (TPSA) is 12.0 Å². The molecule has 1 aliphatic rings. The van der Waals surface area contributed by atoms with Gasteiger partial charge < -0.3 is 5.32 Å². The Bertz CT molecular complexity index is 343. The molecular weight excluding hydrogens is 194 g/mol. The number of rotatable bonds is 1. The second kappa shape index (κ2) is 4.58. The molecule has 0 aromatic heterocycles. The summed E-state index contributed by atoms with van der Waals surface area (Å²) < 4.78 is 0. The Balaban J connectivity index is 2.32.